The van der Waals surface area contributed by atoms with Gasteiger partial charge in [0.05, 0.1) is 0 Å². The van der Waals surface area contributed by atoms with Gasteiger partial charge in [-0.1, -0.05) is 31.5 Å². The topological polar surface area (TPSA) is 84.2 Å². The number of hydrogen-bond acceptors (Lipinski definition) is 3. The average Bonchev–Trinajstić information content (AvgIpc) is 2.44. The minimum Gasteiger partial charge on any atom is -0.351 e. The molecule has 0 aliphatic heterocycles. The summed E-state index contributed by atoms with van der Waals surface area (Å²) in [5.74, 6) is -0.461. The van der Waals surface area contributed by atoms with Crippen molar-refractivity contribution in [2.24, 2.45) is 11.7 Å². The van der Waals surface area contributed by atoms with E-state index in [4.69, 9.17) is 5.73 Å². The lowest BCUT2D eigenvalue weighted by atomic mass is 10.0. The molecule has 1 rings (SSSR count). The molecule has 6 heteroatoms. The summed E-state index contributed by atoms with van der Waals surface area (Å²) in [6.45, 7) is 7.94. The lowest BCUT2D eigenvalue weighted by molar-refractivity contribution is -0.124. The standard InChI is InChI=1S/C16H25N3O2.ClH/c1-10(2)14(16(21)18-12(4)9-17)19-15(20)13-7-5-11(3)6-8-13;/h5-8,10,12,14H,9,17H2,1-4H3,(H,18,21)(H,19,20);1H/t12-,14?;/m0./s1. The quantitative estimate of drug-likeness (QED) is 0.742. The van der Waals surface area contributed by atoms with Gasteiger partial charge in [0.2, 0.25) is 5.91 Å². The Bertz CT molecular complexity index is 489. The first-order valence-corrected chi connectivity index (χ1v) is 7.23. The van der Waals surface area contributed by atoms with Crippen LogP contribution in [0.2, 0.25) is 0 Å². The summed E-state index contributed by atoms with van der Waals surface area (Å²) in [7, 11) is 0. The Morgan fingerprint density at radius 1 is 1.09 bits per heavy atom. The van der Waals surface area contributed by atoms with Crippen LogP contribution in [-0.4, -0.2) is 30.4 Å². The zero-order chi connectivity index (χ0) is 16.0. The largest absolute Gasteiger partial charge is 0.351 e. The summed E-state index contributed by atoms with van der Waals surface area (Å²) in [6.07, 6.45) is 0. The third-order valence-corrected chi connectivity index (χ3v) is 3.29. The van der Waals surface area contributed by atoms with Gasteiger partial charge >= 0.3 is 0 Å². The molecule has 0 bridgehead atoms. The Morgan fingerprint density at radius 3 is 2.09 bits per heavy atom. The maximum atomic E-state index is 12.2. The van der Waals surface area contributed by atoms with Gasteiger partial charge in [-0.05, 0) is 31.9 Å². The van der Waals surface area contributed by atoms with Crippen LogP contribution in [0.5, 0.6) is 0 Å². The Hall–Kier alpha value is -1.59. The monoisotopic (exact) mass is 327 g/mol. The smallest absolute Gasteiger partial charge is 0.251 e. The molecule has 2 atom stereocenters. The number of nitrogens with one attached hydrogen (secondary N) is 2. The van der Waals surface area contributed by atoms with Gasteiger partial charge < -0.3 is 16.4 Å². The molecule has 0 saturated carbocycles. The molecule has 1 aromatic carbocycles. The summed E-state index contributed by atoms with van der Waals surface area (Å²) in [5.41, 5.74) is 7.13. The van der Waals surface area contributed by atoms with Crippen molar-refractivity contribution >= 4 is 24.2 Å². The highest BCUT2D eigenvalue weighted by Gasteiger charge is 2.25. The summed E-state index contributed by atoms with van der Waals surface area (Å²) in [6, 6.07) is 6.55. The van der Waals surface area contributed by atoms with Gasteiger partial charge in [0.1, 0.15) is 6.04 Å². The number of halogens is 1. The van der Waals surface area contributed by atoms with Crippen LogP contribution in [0.3, 0.4) is 0 Å². The van der Waals surface area contributed by atoms with E-state index in [1.165, 1.54) is 0 Å². The third-order valence-electron chi connectivity index (χ3n) is 3.29. The minimum absolute atomic E-state index is 0. The molecule has 5 nitrogen and oxygen atoms in total. The molecule has 0 aliphatic carbocycles. The van der Waals surface area contributed by atoms with Crippen LogP contribution < -0.4 is 16.4 Å². The van der Waals surface area contributed by atoms with Crippen molar-refractivity contribution < 1.29 is 9.59 Å². The molecule has 0 radical (unpaired) electrons. The van der Waals surface area contributed by atoms with Crippen LogP contribution in [0.15, 0.2) is 24.3 Å². The SMILES string of the molecule is Cc1ccc(C(=O)NC(C(=O)N[C@@H](C)CN)C(C)C)cc1.Cl. The molecular weight excluding hydrogens is 302 g/mol. The first-order chi connectivity index (χ1) is 9.85. The summed E-state index contributed by atoms with van der Waals surface area (Å²) < 4.78 is 0. The van der Waals surface area contributed by atoms with E-state index in [0.717, 1.165) is 5.56 Å². The van der Waals surface area contributed by atoms with Gasteiger partial charge in [0.25, 0.3) is 5.91 Å². The zero-order valence-electron chi connectivity index (χ0n) is 13.6. The summed E-state index contributed by atoms with van der Waals surface area (Å²) in [4.78, 5) is 24.4. The Labute approximate surface area is 138 Å². The second-order valence-electron chi connectivity index (χ2n) is 5.71. The van der Waals surface area contributed by atoms with Crippen LogP contribution in [-0.2, 0) is 4.79 Å². The molecule has 0 spiro atoms. The molecule has 0 aromatic heterocycles. The molecular formula is C16H26ClN3O2. The second kappa shape index (κ2) is 9.43. The van der Waals surface area contributed by atoms with Crippen LogP contribution in [0.1, 0.15) is 36.7 Å². The number of aryl methyl sites for hydroxylation is 1. The van der Waals surface area contributed by atoms with Crippen molar-refractivity contribution in [3.05, 3.63) is 35.4 Å². The van der Waals surface area contributed by atoms with Gasteiger partial charge in [-0.15, -0.1) is 12.4 Å². The van der Waals surface area contributed by atoms with E-state index in [0.29, 0.717) is 12.1 Å². The van der Waals surface area contributed by atoms with Gasteiger partial charge in [0.15, 0.2) is 0 Å². The van der Waals surface area contributed by atoms with E-state index >= 15 is 0 Å². The first kappa shape index (κ1) is 20.4. The van der Waals surface area contributed by atoms with Gasteiger partial charge in [-0.2, -0.15) is 0 Å². The van der Waals surface area contributed by atoms with Gasteiger partial charge in [-0.25, -0.2) is 0 Å². The lowest BCUT2D eigenvalue weighted by Crippen LogP contribution is -2.52. The molecule has 4 N–H and O–H groups in total. The van der Waals surface area contributed by atoms with Crippen LogP contribution in [0.4, 0.5) is 0 Å². The number of benzene rings is 1. The van der Waals surface area contributed by atoms with Crippen molar-refractivity contribution in [2.45, 2.75) is 39.8 Å². The Kier molecular flexibility index (Phi) is 8.75. The van der Waals surface area contributed by atoms with E-state index in [2.05, 4.69) is 10.6 Å². The fourth-order valence-electron chi connectivity index (χ4n) is 1.86. The van der Waals surface area contributed by atoms with E-state index in [1.807, 2.05) is 39.8 Å². The molecule has 0 aliphatic rings. The molecule has 2 amide bonds. The highest BCUT2D eigenvalue weighted by molar-refractivity contribution is 5.97. The summed E-state index contributed by atoms with van der Waals surface area (Å²) in [5, 5.41) is 5.59. The lowest BCUT2D eigenvalue weighted by Gasteiger charge is -2.23. The highest BCUT2D eigenvalue weighted by Crippen LogP contribution is 2.07. The van der Waals surface area contributed by atoms with Gasteiger partial charge in [-0.3, -0.25) is 9.59 Å². The minimum atomic E-state index is -0.576. The van der Waals surface area contributed by atoms with Crippen molar-refractivity contribution in [2.75, 3.05) is 6.54 Å². The Morgan fingerprint density at radius 2 is 1.64 bits per heavy atom. The van der Waals surface area contributed by atoms with E-state index in [9.17, 15) is 9.59 Å². The number of amides is 2. The van der Waals surface area contributed by atoms with Gasteiger partial charge in [0, 0.05) is 18.2 Å². The maximum absolute atomic E-state index is 12.2. The maximum Gasteiger partial charge on any atom is 0.251 e. The van der Waals surface area contributed by atoms with E-state index in [1.54, 1.807) is 12.1 Å². The number of carbonyl (C=O) groups excluding carboxylic acids is 2. The van der Waals surface area contributed by atoms with Crippen LogP contribution in [0.25, 0.3) is 0 Å². The zero-order valence-corrected chi connectivity index (χ0v) is 14.4. The van der Waals surface area contributed by atoms with Crippen molar-refractivity contribution in [1.82, 2.24) is 10.6 Å². The normalized spacial score (nSPS) is 13.0. The fraction of sp³-hybridized carbons (Fsp3) is 0.500. The predicted octanol–water partition coefficient (Wildman–Crippen LogP) is 1.63. The van der Waals surface area contributed by atoms with Crippen LogP contribution >= 0.6 is 12.4 Å². The van der Waals surface area contributed by atoms with Crippen LogP contribution in [0, 0.1) is 12.8 Å². The number of rotatable bonds is 6. The first-order valence-electron chi connectivity index (χ1n) is 7.23. The molecule has 124 valence electrons. The molecule has 22 heavy (non-hydrogen) atoms. The van der Waals surface area contributed by atoms with E-state index < -0.39 is 6.04 Å². The second-order valence-corrected chi connectivity index (χ2v) is 5.71. The van der Waals surface area contributed by atoms with E-state index in [-0.39, 0.29) is 36.2 Å². The number of nitrogens with two attached hydrogens (primary N) is 1. The third kappa shape index (κ3) is 6.03. The molecule has 1 unspecified atom stereocenters. The fourth-order valence-corrected chi connectivity index (χ4v) is 1.86. The molecule has 0 fully saturated rings. The average molecular weight is 328 g/mol. The van der Waals surface area contributed by atoms with Crippen molar-refractivity contribution in [3.8, 4) is 0 Å². The van der Waals surface area contributed by atoms with Crippen molar-refractivity contribution in [1.29, 1.82) is 0 Å². The predicted molar refractivity (Wildman–Crippen MR) is 91.2 cm³/mol. The Balaban J connectivity index is 0.00000441. The molecule has 0 saturated heterocycles. The van der Waals surface area contributed by atoms with Crippen molar-refractivity contribution in [3.63, 3.8) is 0 Å². The molecule has 1 aromatic rings. The number of carbonyl (C=O) groups is 2. The highest BCUT2D eigenvalue weighted by atomic mass is 35.5. The molecule has 0 heterocycles. The number of hydrogen-bond donors (Lipinski definition) is 3. The summed E-state index contributed by atoms with van der Waals surface area (Å²) >= 11 is 0.